The molecule has 2 aliphatic rings. The van der Waals surface area contributed by atoms with Crippen LogP contribution >= 0.6 is 11.3 Å². The molecular weight excluding hydrogens is 306 g/mol. The van der Waals surface area contributed by atoms with Crippen molar-refractivity contribution in [3.05, 3.63) is 42.0 Å². The number of rotatable bonds is 2. The molecule has 4 nitrogen and oxygen atoms in total. The first-order valence-corrected chi connectivity index (χ1v) is 9.02. The summed E-state index contributed by atoms with van der Waals surface area (Å²) < 4.78 is 6.10. The number of piperidine rings is 1. The van der Waals surface area contributed by atoms with E-state index in [-0.39, 0.29) is 5.60 Å². The summed E-state index contributed by atoms with van der Waals surface area (Å²) in [7, 11) is 0. The van der Waals surface area contributed by atoms with E-state index in [9.17, 15) is 0 Å². The highest BCUT2D eigenvalue weighted by Crippen LogP contribution is 2.36. The van der Waals surface area contributed by atoms with Crippen molar-refractivity contribution in [1.82, 2.24) is 10.2 Å². The molecule has 0 bridgehead atoms. The summed E-state index contributed by atoms with van der Waals surface area (Å²) in [6.45, 7) is 5.03. The first kappa shape index (κ1) is 14.8. The van der Waals surface area contributed by atoms with Crippen molar-refractivity contribution in [2.45, 2.75) is 31.8 Å². The van der Waals surface area contributed by atoms with Crippen molar-refractivity contribution in [2.24, 2.45) is 0 Å². The molecule has 1 saturated heterocycles. The third-order valence-electron chi connectivity index (χ3n) is 4.71. The van der Waals surface area contributed by atoms with E-state index in [1.165, 1.54) is 5.57 Å². The number of hydrogen-bond donors (Lipinski definition) is 0. The lowest BCUT2D eigenvalue weighted by atomic mass is 9.87. The van der Waals surface area contributed by atoms with Crippen LogP contribution in [0.5, 0.6) is 0 Å². The van der Waals surface area contributed by atoms with Crippen molar-refractivity contribution < 1.29 is 4.74 Å². The minimum atomic E-state index is -0.0359. The van der Waals surface area contributed by atoms with Crippen LogP contribution in [-0.4, -0.2) is 35.5 Å². The monoisotopic (exact) mass is 327 g/mol. The lowest BCUT2D eigenvalue weighted by molar-refractivity contribution is -0.0325. The molecule has 0 unspecified atom stereocenters. The summed E-state index contributed by atoms with van der Waals surface area (Å²) in [5.74, 6) is 0. The average molecular weight is 327 g/mol. The fraction of sp³-hybridized carbons (Fsp3) is 0.444. The first-order valence-electron chi connectivity index (χ1n) is 8.20. The van der Waals surface area contributed by atoms with Gasteiger partial charge in [0.2, 0.25) is 5.13 Å². The highest BCUT2D eigenvalue weighted by molar-refractivity contribution is 7.18. The number of aromatic nitrogens is 2. The Balaban J connectivity index is 1.47. The topological polar surface area (TPSA) is 38.2 Å². The second kappa shape index (κ2) is 6.06. The van der Waals surface area contributed by atoms with Gasteiger partial charge in [-0.25, -0.2) is 0 Å². The molecule has 0 saturated carbocycles. The minimum absolute atomic E-state index is 0.0359. The van der Waals surface area contributed by atoms with E-state index in [0.29, 0.717) is 0 Å². The van der Waals surface area contributed by atoms with Gasteiger partial charge in [-0.3, -0.25) is 0 Å². The van der Waals surface area contributed by atoms with Gasteiger partial charge >= 0.3 is 0 Å². The molecule has 0 N–H and O–H groups in total. The normalized spacial score (nSPS) is 20.6. The van der Waals surface area contributed by atoms with Crippen LogP contribution in [0, 0.1) is 0 Å². The highest BCUT2D eigenvalue weighted by Gasteiger charge is 2.36. The number of ether oxygens (including phenoxy) is 1. The molecule has 1 fully saturated rings. The van der Waals surface area contributed by atoms with E-state index in [0.717, 1.165) is 54.7 Å². The average Bonchev–Trinajstić information content (AvgIpc) is 3.06. The van der Waals surface area contributed by atoms with Crippen LogP contribution in [0.15, 0.2) is 42.0 Å². The Kier molecular flexibility index (Phi) is 3.91. The minimum Gasteiger partial charge on any atom is -0.370 e. The zero-order valence-electron chi connectivity index (χ0n) is 13.4. The molecule has 0 atom stereocenters. The molecular formula is C18H21N3OS. The van der Waals surface area contributed by atoms with Gasteiger partial charge in [-0.1, -0.05) is 53.3 Å². The van der Waals surface area contributed by atoms with Gasteiger partial charge in [-0.2, -0.15) is 0 Å². The Morgan fingerprint density at radius 3 is 2.65 bits per heavy atom. The second-order valence-electron chi connectivity index (χ2n) is 6.40. The van der Waals surface area contributed by atoms with Gasteiger partial charge in [0.25, 0.3) is 0 Å². The Morgan fingerprint density at radius 2 is 1.91 bits per heavy atom. The van der Waals surface area contributed by atoms with E-state index < -0.39 is 0 Å². The van der Waals surface area contributed by atoms with Crippen LogP contribution in [0.3, 0.4) is 0 Å². The molecule has 1 aromatic heterocycles. The van der Waals surface area contributed by atoms with Crippen LogP contribution in [-0.2, 0) is 4.74 Å². The van der Waals surface area contributed by atoms with Gasteiger partial charge in [0.05, 0.1) is 12.2 Å². The molecule has 1 spiro atoms. The fourth-order valence-corrected chi connectivity index (χ4v) is 4.29. The van der Waals surface area contributed by atoms with Crippen LogP contribution in [0.1, 0.15) is 26.2 Å². The number of nitrogens with zero attached hydrogens (tertiary/aromatic N) is 3. The molecule has 2 aromatic rings. The molecule has 0 amide bonds. The Bertz CT molecular complexity index is 702. The summed E-state index contributed by atoms with van der Waals surface area (Å²) >= 11 is 1.68. The maximum atomic E-state index is 6.10. The smallest absolute Gasteiger partial charge is 0.208 e. The van der Waals surface area contributed by atoms with Crippen molar-refractivity contribution in [1.29, 1.82) is 0 Å². The van der Waals surface area contributed by atoms with Gasteiger partial charge in [0, 0.05) is 18.7 Å². The summed E-state index contributed by atoms with van der Waals surface area (Å²) in [4.78, 5) is 2.34. The standard InChI is InChI=1S/C18H21N3OS/c1-14-7-12-22-18(13-14)8-10-21(11-9-18)17-20-19-16(23-17)15-5-3-2-4-6-15/h2-6,13H,7-12H2,1H3. The molecule has 4 rings (SSSR count). The molecule has 5 heteroatoms. The molecule has 3 heterocycles. The molecule has 23 heavy (non-hydrogen) atoms. The van der Waals surface area contributed by atoms with Crippen LogP contribution < -0.4 is 4.90 Å². The van der Waals surface area contributed by atoms with E-state index in [2.05, 4.69) is 40.2 Å². The molecule has 2 aliphatic heterocycles. The van der Waals surface area contributed by atoms with Crippen molar-refractivity contribution in [3.8, 4) is 10.6 Å². The molecule has 0 aliphatic carbocycles. The van der Waals surface area contributed by atoms with Crippen LogP contribution in [0.2, 0.25) is 0 Å². The SMILES string of the molecule is CC1=CC2(CCN(c3nnc(-c4ccccc4)s3)CC2)OCC1. The predicted octanol–water partition coefficient (Wildman–Crippen LogP) is 3.91. The summed E-state index contributed by atoms with van der Waals surface area (Å²) in [6.07, 6.45) is 5.49. The fourth-order valence-electron chi connectivity index (χ4n) is 3.38. The lowest BCUT2D eigenvalue weighted by Crippen LogP contribution is -2.46. The Labute approximate surface area is 140 Å². The summed E-state index contributed by atoms with van der Waals surface area (Å²) in [5.41, 5.74) is 2.57. The third kappa shape index (κ3) is 3.03. The summed E-state index contributed by atoms with van der Waals surface area (Å²) in [5, 5.41) is 10.8. The number of benzene rings is 1. The number of hydrogen-bond acceptors (Lipinski definition) is 5. The van der Waals surface area contributed by atoms with Crippen LogP contribution in [0.25, 0.3) is 10.6 Å². The van der Waals surface area contributed by atoms with Crippen molar-refractivity contribution in [2.75, 3.05) is 24.6 Å². The maximum absolute atomic E-state index is 6.10. The van der Waals surface area contributed by atoms with E-state index in [1.807, 2.05) is 18.2 Å². The van der Waals surface area contributed by atoms with E-state index in [4.69, 9.17) is 4.74 Å². The van der Waals surface area contributed by atoms with Gasteiger partial charge in [0.15, 0.2) is 0 Å². The molecule has 0 radical (unpaired) electrons. The summed E-state index contributed by atoms with van der Waals surface area (Å²) in [6, 6.07) is 10.3. The van der Waals surface area contributed by atoms with Gasteiger partial charge < -0.3 is 9.64 Å². The Hall–Kier alpha value is -1.72. The predicted molar refractivity (Wildman–Crippen MR) is 93.8 cm³/mol. The highest BCUT2D eigenvalue weighted by atomic mass is 32.1. The molecule has 1 aromatic carbocycles. The van der Waals surface area contributed by atoms with Crippen LogP contribution in [0.4, 0.5) is 5.13 Å². The first-order chi connectivity index (χ1) is 11.2. The maximum Gasteiger partial charge on any atom is 0.208 e. The third-order valence-corrected chi connectivity index (χ3v) is 5.74. The zero-order chi connectivity index (χ0) is 15.7. The second-order valence-corrected chi connectivity index (χ2v) is 7.35. The lowest BCUT2D eigenvalue weighted by Gasteiger charge is -2.42. The quantitative estimate of drug-likeness (QED) is 0.784. The largest absolute Gasteiger partial charge is 0.370 e. The van der Waals surface area contributed by atoms with E-state index >= 15 is 0 Å². The number of anilines is 1. The van der Waals surface area contributed by atoms with Crippen molar-refractivity contribution in [3.63, 3.8) is 0 Å². The zero-order valence-corrected chi connectivity index (χ0v) is 14.2. The van der Waals surface area contributed by atoms with Crippen molar-refractivity contribution >= 4 is 16.5 Å². The Morgan fingerprint density at radius 1 is 1.13 bits per heavy atom. The van der Waals surface area contributed by atoms with E-state index in [1.54, 1.807) is 11.3 Å². The van der Waals surface area contributed by atoms with Gasteiger partial charge in [0.1, 0.15) is 5.01 Å². The van der Waals surface area contributed by atoms with Gasteiger partial charge in [-0.05, 0) is 26.2 Å². The van der Waals surface area contributed by atoms with Gasteiger partial charge in [-0.15, -0.1) is 10.2 Å². The molecule has 120 valence electrons.